The van der Waals surface area contributed by atoms with Gasteiger partial charge in [-0.05, 0) is 35.9 Å². The number of carbonyl (C=O) groups excluding carboxylic acids is 1. The third-order valence-corrected chi connectivity index (χ3v) is 4.19. The second-order valence-corrected chi connectivity index (χ2v) is 6.09. The van der Waals surface area contributed by atoms with E-state index in [0.29, 0.717) is 23.0 Å². The lowest BCUT2D eigenvalue weighted by Gasteiger charge is -2.23. The van der Waals surface area contributed by atoms with Crippen molar-refractivity contribution in [1.82, 2.24) is 0 Å². The summed E-state index contributed by atoms with van der Waals surface area (Å²) in [6, 6.07) is 24.3. The molecule has 3 aromatic rings. The van der Waals surface area contributed by atoms with Gasteiger partial charge in [0.15, 0.2) is 0 Å². The van der Waals surface area contributed by atoms with Crippen LogP contribution in [0.2, 0.25) is 5.02 Å². The van der Waals surface area contributed by atoms with E-state index in [4.69, 9.17) is 16.3 Å². The van der Waals surface area contributed by atoms with Crippen LogP contribution in [-0.4, -0.2) is 13.1 Å². The molecule has 3 aromatic carbocycles. The first kappa shape index (κ1) is 17.8. The van der Waals surface area contributed by atoms with E-state index in [-0.39, 0.29) is 6.03 Å². The topological polar surface area (TPSA) is 41.6 Å². The highest BCUT2D eigenvalue weighted by molar-refractivity contribution is 6.32. The first-order valence-corrected chi connectivity index (χ1v) is 8.56. The van der Waals surface area contributed by atoms with E-state index in [1.165, 1.54) is 0 Å². The van der Waals surface area contributed by atoms with Gasteiger partial charge >= 0.3 is 6.03 Å². The Bertz CT molecular complexity index is 870. The van der Waals surface area contributed by atoms with Crippen LogP contribution in [0, 0.1) is 0 Å². The summed E-state index contributed by atoms with van der Waals surface area (Å²) >= 11 is 6.15. The van der Waals surface area contributed by atoms with Crippen LogP contribution in [0.15, 0.2) is 78.9 Å². The molecule has 0 aliphatic carbocycles. The number of benzene rings is 3. The van der Waals surface area contributed by atoms with E-state index in [1.54, 1.807) is 30.2 Å². The number of para-hydroxylation sites is 1. The lowest BCUT2D eigenvalue weighted by Crippen LogP contribution is -2.34. The van der Waals surface area contributed by atoms with Crippen molar-refractivity contribution in [3.05, 3.63) is 89.4 Å². The van der Waals surface area contributed by atoms with Gasteiger partial charge in [-0.3, -0.25) is 4.90 Å². The number of ether oxygens (including phenoxy) is 1. The predicted octanol–water partition coefficient (Wildman–Crippen LogP) is 5.59. The molecule has 0 atom stereocenters. The van der Waals surface area contributed by atoms with Crippen molar-refractivity contribution in [3.63, 3.8) is 0 Å². The van der Waals surface area contributed by atoms with Crippen LogP contribution in [0.5, 0.6) is 5.75 Å². The zero-order valence-electron chi connectivity index (χ0n) is 14.4. The molecule has 2 amide bonds. The molecule has 0 fully saturated rings. The van der Waals surface area contributed by atoms with Crippen LogP contribution in [0.4, 0.5) is 16.2 Å². The summed E-state index contributed by atoms with van der Waals surface area (Å²) in [5.41, 5.74) is 2.46. The molecular formula is C21H19ClN2O2. The monoisotopic (exact) mass is 366 g/mol. The summed E-state index contributed by atoms with van der Waals surface area (Å²) in [6.45, 7) is 0.459. The van der Waals surface area contributed by atoms with E-state index in [1.807, 2.05) is 60.7 Å². The Balaban J connectivity index is 1.84. The molecule has 0 unspecified atom stereocenters. The van der Waals surface area contributed by atoms with Gasteiger partial charge in [0.05, 0.1) is 18.7 Å². The van der Waals surface area contributed by atoms with Gasteiger partial charge in [-0.2, -0.15) is 0 Å². The molecule has 5 heteroatoms. The quantitative estimate of drug-likeness (QED) is 0.639. The minimum Gasteiger partial charge on any atom is -0.495 e. The predicted molar refractivity (Wildman–Crippen MR) is 106 cm³/mol. The van der Waals surface area contributed by atoms with Gasteiger partial charge in [0.1, 0.15) is 5.75 Å². The molecule has 0 heterocycles. The number of hydrogen-bond acceptors (Lipinski definition) is 2. The Morgan fingerprint density at radius 1 is 1.00 bits per heavy atom. The first-order valence-electron chi connectivity index (χ1n) is 8.18. The summed E-state index contributed by atoms with van der Waals surface area (Å²) in [5.74, 6) is 0.564. The molecular weight excluding hydrogens is 348 g/mol. The van der Waals surface area contributed by atoms with Crippen LogP contribution < -0.4 is 15.0 Å². The Morgan fingerprint density at radius 2 is 1.65 bits per heavy atom. The van der Waals surface area contributed by atoms with Crippen molar-refractivity contribution in [2.45, 2.75) is 6.54 Å². The van der Waals surface area contributed by atoms with Gasteiger partial charge in [-0.15, -0.1) is 0 Å². The van der Waals surface area contributed by atoms with E-state index in [2.05, 4.69) is 5.32 Å². The zero-order chi connectivity index (χ0) is 18.4. The Labute approximate surface area is 158 Å². The first-order chi connectivity index (χ1) is 12.7. The van der Waals surface area contributed by atoms with Gasteiger partial charge in [-0.1, -0.05) is 60.1 Å². The number of anilines is 2. The molecule has 1 N–H and O–H groups in total. The van der Waals surface area contributed by atoms with Crippen LogP contribution in [-0.2, 0) is 6.54 Å². The standard InChI is InChI=1S/C21H19ClN2O2/c1-26-20-13-12-17(14-19(20)22)23-21(25)24(18-10-6-3-7-11-18)15-16-8-4-2-5-9-16/h2-14H,15H2,1H3,(H,23,25). The number of rotatable bonds is 5. The summed E-state index contributed by atoms with van der Waals surface area (Å²) in [6.07, 6.45) is 0. The average Bonchev–Trinajstić information content (AvgIpc) is 2.68. The summed E-state index contributed by atoms with van der Waals surface area (Å²) in [7, 11) is 1.55. The number of methoxy groups -OCH3 is 1. The average molecular weight is 367 g/mol. The fourth-order valence-corrected chi connectivity index (χ4v) is 2.85. The minimum absolute atomic E-state index is 0.235. The molecule has 3 rings (SSSR count). The fourth-order valence-electron chi connectivity index (χ4n) is 2.59. The number of halogens is 1. The third-order valence-electron chi connectivity index (χ3n) is 3.90. The van der Waals surface area contributed by atoms with Crippen LogP contribution >= 0.6 is 11.6 Å². The second-order valence-electron chi connectivity index (χ2n) is 5.69. The summed E-state index contributed by atoms with van der Waals surface area (Å²) in [5, 5.41) is 3.34. The second kappa shape index (κ2) is 8.41. The van der Waals surface area contributed by atoms with Gasteiger partial charge < -0.3 is 10.1 Å². The number of urea groups is 1. The molecule has 0 radical (unpaired) electrons. The molecule has 0 saturated heterocycles. The summed E-state index contributed by atoms with van der Waals surface area (Å²) < 4.78 is 5.15. The fraction of sp³-hybridized carbons (Fsp3) is 0.0952. The molecule has 132 valence electrons. The maximum absolute atomic E-state index is 12.9. The lowest BCUT2D eigenvalue weighted by molar-refractivity contribution is 0.256. The minimum atomic E-state index is -0.235. The smallest absolute Gasteiger partial charge is 0.326 e. The van der Waals surface area contributed by atoms with Crippen molar-refractivity contribution in [1.29, 1.82) is 0 Å². The van der Waals surface area contributed by atoms with E-state index in [9.17, 15) is 4.79 Å². The van der Waals surface area contributed by atoms with Crippen molar-refractivity contribution in [2.24, 2.45) is 0 Å². The van der Waals surface area contributed by atoms with Crippen molar-refractivity contribution < 1.29 is 9.53 Å². The SMILES string of the molecule is COc1ccc(NC(=O)N(Cc2ccccc2)c2ccccc2)cc1Cl. The number of nitrogens with zero attached hydrogens (tertiary/aromatic N) is 1. The number of amides is 2. The molecule has 0 aliphatic rings. The van der Waals surface area contributed by atoms with Gasteiger partial charge in [0.25, 0.3) is 0 Å². The van der Waals surface area contributed by atoms with Crippen molar-refractivity contribution in [2.75, 3.05) is 17.3 Å². The largest absolute Gasteiger partial charge is 0.495 e. The van der Waals surface area contributed by atoms with Crippen molar-refractivity contribution >= 4 is 29.0 Å². The number of hydrogen-bond donors (Lipinski definition) is 1. The highest BCUT2D eigenvalue weighted by Crippen LogP contribution is 2.28. The highest BCUT2D eigenvalue weighted by atomic mass is 35.5. The Morgan fingerprint density at radius 3 is 2.27 bits per heavy atom. The molecule has 4 nitrogen and oxygen atoms in total. The van der Waals surface area contributed by atoms with Crippen molar-refractivity contribution in [3.8, 4) is 5.75 Å². The third kappa shape index (κ3) is 4.35. The van der Waals surface area contributed by atoms with Gasteiger partial charge in [0, 0.05) is 11.4 Å². The maximum atomic E-state index is 12.9. The zero-order valence-corrected chi connectivity index (χ0v) is 15.1. The van der Waals surface area contributed by atoms with E-state index < -0.39 is 0 Å². The van der Waals surface area contributed by atoms with Crippen LogP contribution in [0.3, 0.4) is 0 Å². The molecule has 0 spiro atoms. The molecule has 26 heavy (non-hydrogen) atoms. The Hall–Kier alpha value is -2.98. The van der Waals surface area contributed by atoms with Crippen LogP contribution in [0.25, 0.3) is 0 Å². The number of nitrogens with one attached hydrogen (secondary N) is 1. The van der Waals surface area contributed by atoms with Crippen LogP contribution in [0.1, 0.15) is 5.56 Å². The lowest BCUT2D eigenvalue weighted by atomic mass is 10.2. The molecule has 0 aliphatic heterocycles. The normalized spacial score (nSPS) is 10.2. The molecule has 0 aromatic heterocycles. The maximum Gasteiger partial charge on any atom is 0.326 e. The molecule has 0 bridgehead atoms. The highest BCUT2D eigenvalue weighted by Gasteiger charge is 2.17. The van der Waals surface area contributed by atoms with E-state index >= 15 is 0 Å². The van der Waals surface area contributed by atoms with E-state index in [0.717, 1.165) is 11.3 Å². The summed E-state index contributed by atoms with van der Waals surface area (Å²) in [4.78, 5) is 14.6. The van der Waals surface area contributed by atoms with Gasteiger partial charge in [0.2, 0.25) is 0 Å². The van der Waals surface area contributed by atoms with Gasteiger partial charge in [-0.25, -0.2) is 4.79 Å². The Kier molecular flexibility index (Phi) is 5.77. The molecule has 0 saturated carbocycles. The number of carbonyl (C=O) groups is 1.